The minimum Gasteiger partial charge on any atom is -0.499 e. The topological polar surface area (TPSA) is 68.8 Å². The molecule has 1 aromatic heterocycles. The van der Waals surface area contributed by atoms with Gasteiger partial charge in [0.2, 0.25) is 0 Å². The summed E-state index contributed by atoms with van der Waals surface area (Å²) >= 11 is 1.28. The summed E-state index contributed by atoms with van der Waals surface area (Å²) in [6.45, 7) is 4.00. The summed E-state index contributed by atoms with van der Waals surface area (Å²) in [6, 6.07) is 8.98. The Morgan fingerprint density at radius 3 is 2.41 bits per heavy atom. The van der Waals surface area contributed by atoms with Gasteiger partial charge in [-0.1, -0.05) is 32.0 Å². The van der Waals surface area contributed by atoms with E-state index in [1.165, 1.54) is 11.3 Å². The summed E-state index contributed by atoms with van der Waals surface area (Å²) in [7, 11) is 0. The molecule has 0 fully saturated rings. The second-order valence-corrected chi connectivity index (χ2v) is 3.81. The van der Waals surface area contributed by atoms with Crippen molar-refractivity contribution in [1.82, 2.24) is 0 Å². The highest BCUT2D eigenvalue weighted by atomic mass is 32.1. The zero-order chi connectivity index (χ0) is 12.0. The molecule has 3 N–H and O–H groups in total. The molecule has 0 unspecified atom stereocenters. The molecule has 92 valence electrons. The molecule has 0 aliphatic rings. The molecule has 0 aliphatic carbocycles. The molecule has 2 aromatic rings. The average Bonchev–Trinajstić information content (AvgIpc) is 2.79. The molecule has 0 atom stereocenters. The van der Waals surface area contributed by atoms with Crippen LogP contribution in [0.3, 0.4) is 0 Å². The normalized spacial score (nSPS) is 8.59. The monoisotopic (exact) mass is 252 g/mol. The third-order valence-electron chi connectivity index (χ3n) is 1.94. The molecule has 0 saturated carbocycles. The van der Waals surface area contributed by atoms with Crippen molar-refractivity contribution >= 4 is 17.6 Å². The number of benzene rings is 1. The Hall–Kier alpha value is -1.65. The fourth-order valence-electron chi connectivity index (χ4n) is 1.27. The molecular formula is C13H16O3S. The van der Waals surface area contributed by atoms with Gasteiger partial charge >= 0.3 is 0 Å². The predicted octanol–water partition coefficient (Wildman–Crippen LogP) is 3.13. The third-order valence-corrected chi connectivity index (χ3v) is 2.67. The lowest BCUT2D eigenvalue weighted by Gasteiger charge is -1.97. The first kappa shape index (κ1) is 15.3. The summed E-state index contributed by atoms with van der Waals surface area (Å²) in [5.41, 5.74) is 2.54. The van der Waals surface area contributed by atoms with Crippen molar-refractivity contribution in [2.45, 2.75) is 13.8 Å². The van der Waals surface area contributed by atoms with Gasteiger partial charge in [0.15, 0.2) is 5.06 Å². The first-order valence-corrected chi connectivity index (χ1v) is 6.00. The molecule has 17 heavy (non-hydrogen) atoms. The number of thiophene rings is 1. The van der Waals surface area contributed by atoms with Crippen LogP contribution in [0.25, 0.3) is 11.1 Å². The van der Waals surface area contributed by atoms with Crippen LogP contribution in [0.5, 0.6) is 5.06 Å². The van der Waals surface area contributed by atoms with E-state index in [1.54, 1.807) is 18.2 Å². The quantitative estimate of drug-likeness (QED) is 0.834. The average molecular weight is 252 g/mol. The van der Waals surface area contributed by atoms with Crippen molar-refractivity contribution in [1.29, 1.82) is 0 Å². The van der Waals surface area contributed by atoms with Crippen LogP contribution >= 0.6 is 11.3 Å². The van der Waals surface area contributed by atoms with Crippen molar-refractivity contribution < 1.29 is 15.4 Å². The molecule has 0 aliphatic heterocycles. The molecule has 0 bridgehead atoms. The van der Waals surface area contributed by atoms with Crippen molar-refractivity contribution in [3.63, 3.8) is 0 Å². The lowest BCUT2D eigenvalue weighted by Crippen LogP contribution is -1.79. The highest BCUT2D eigenvalue weighted by Crippen LogP contribution is 2.29. The predicted molar refractivity (Wildman–Crippen MR) is 71.8 cm³/mol. The Bertz CT molecular complexity index is 463. The maximum absolute atomic E-state index is 10.5. The van der Waals surface area contributed by atoms with Gasteiger partial charge in [-0.25, -0.2) is 0 Å². The second-order valence-electron chi connectivity index (χ2n) is 2.92. The van der Waals surface area contributed by atoms with Crippen LogP contribution in [0.4, 0.5) is 0 Å². The summed E-state index contributed by atoms with van der Waals surface area (Å²) in [5.74, 6) is 0. The largest absolute Gasteiger partial charge is 0.499 e. The fraction of sp³-hybridized carbons (Fsp3) is 0.154. The number of carbonyl (C=O) groups excluding carboxylic acids is 1. The number of hydrogen-bond acceptors (Lipinski definition) is 3. The van der Waals surface area contributed by atoms with Gasteiger partial charge in [0.25, 0.3) is 0 Å². The fourth-order valence-corrected chi connectivity index (χ4v) is 1.91. The highest BCUT2D eigenvalue weighted by Gasteiger charge is 2.01. The molecule has 3 nitrogen and oxygen atoms in total. The highest BCUT2D eigenvalue weighted by molar-refractivity contribution is 7.12. The van der Waals surface area contributed by atoms with E-state index in [2.05, 4.69) is 0 Å². The molecule has 0 amide bonds. The van der Waals surface area contributed by atoms with Crippen LogP contribution in [0.1, 0.15) is 24.2 Å². The van der Waals surface area contributed by atoms with Gasteiger partial charge in [-0.3, -0.25) is 4.79 Å². The number of hydrogen-bond donors (Lipinski definition) is 1. The van der Waals surface area contributed by atoms with E-state index < -0.39 is 0 Å². The third kappa shape index (κ3) is 4.01. The number of carbonyl (C=O) groups is 1. The minimum absolute atomic E-state index is 0. The molecule has 2 rings (SSSR count). The molecule has 0 radical (unpaired) electrons. The van der Waals surface area contributed by atoms with Crippen molar-refractivity contribution in [2.24, 2.45) is 0 Å². The standard InChI is InChI=1S/C11H8O2S.C2H6.H2O/c12-6-8-2-1-3-9(4-8)10-5-11(13)14-7-10;1-2;/h1-7,13H;1-2H3;1H2. The van der Waals surface area contributed by atoms with Crippen LogP contribution in [-0.2, 0) is 0 Å². The zero-order valence-corrected chi connectivity index (χ0v) is 10.6. The van der Waals surface area contributed by atoms with E-state index in [0.29, 0.717) is 5.56 Å². The summed E-state index contributed by atoms with van der Waals surface area (Å²) < 4.78 is 0. The van der Waals surface area contributed by atoms with Gasteiger partial charge in [-0.15, -0.1) is 11.3 Å². The van der Waals surface area contributed by atoms with E-state index >= 15 is 0 Å². The van der Waals surface area contributed by atoms with E-state index in [1.807, 2.05) is 31.4 Å². The van der Waals surface area contributed by atoms with E-state index in [-0.39, 0.29) is 10.5 Å². The van der Waals surface area contributed by atoms with Gasteiger partial charge in [0.05, 0.1) is 0 Å². The van der Waals surface area contributed by atoms with Crippen LogP contribution in [0, 0.1) is 0 Å². The summed E-state index contributed by atoms with van der Waals surface area (Å²) in [5, 5.41) is 11.3. The Balaban J connectivity index is 0.000000811. The van der Waals surface area contributed by atoms with Gasteiger partial charge in [0.1, 0.15) is 6.29 Å². The number of aldehydes is 1. The van der Waals surface area contributed by atoms with Crippen LogP contribution < -0.4 is 0 Å². The van der Waals surface area contributed by atoms with E-state index in [0.717, 1.165) is 17.4 Å². The number of aromatic hydroxyl groups is 1. The van der Waals surface area contributed by atoms with Crippen LogP contribution in [0.2, 0.25) is 0 Å². The van der Waals surface area contributed by atoms with Gasteiger partial charge in [-0.05, 0) is 23.3 Å². The Morgan fingerprint density at radius 2 is 1.88 bits per heavy atom. The van der Waals surface area contributed by atoms with Gasteiger partial charge < -0.3 is 10.6 Å². The van der Waals surface area contributed by atoms with Crippen molar-refractivity contribution in [3.8, 4) is 16.2 Å². The maximum atomic E-state index is 10.5. The zero-order valence-electron chi connectivity index (χ0n) is 9.81. The SMILES string of the molecule is CC.O.O=Cc1cccc(-c2csc(O)c2)c1. The van der Waals surface area contributed by atoms with Crippen LogP contribution in [0.15, 0.2) is 35.7 Å². The Morgan fingerprint density at radius 1 is 1.18 bits per heavy atom. The van der Waals surface area contributed by atoms with Crippen molar-refractivity contribution in [3.05, 3.63) is 41.3 Å². The second kappa shape index (κ2) is 7.60. The lowest BCUT2D eigenvalue weighted by molar-refractivity contribution is 0.112. The first-order valence-electron chi connectivity index (χ1n) is 5.13. The van der Waals surface area contributed by atoms with E-state index in [4.69, 9.17) is 0 Å². The molecular weight excluding hydrogens is 236 g/mol. The molecule has 1 heterocycles. The van der Waals surface area contributed by atoms with Crippen LogP contribution in [-0.4, -0.2) is 16.9 Å². The van der Waals surface area contributed by atoms with Gasteiger partial charge in [0, 0.05) is 10.9 Å². The maximum Gasteiger partial charge on any atom is 0.171 e. The Labute approximate surface area is 105 Å². The molecule has 0 spiro atoms. The molecule has 0 saturated heterocycles. The lowest BCUT2D eigenvalue weighted by atomic mass is 10.1. The van der Waals surface area contributed by atoms with Gasteiger partial charge in [-0.2, -0.15) is 0 Å². The number of rotatable bonds is 2. The summed E-state index contributed by atoms with van der Waals surface area (Å²) in [6.07, 6.45) is 0.815. The van der Waals surface area contributed by atoms with E-state index in [9.17, 15) is 9.90 Å². The smallest absolute Gasteiger partial charge is 0.171 e. The summed E-state index contributed by atoms with van der Waals surface area (Å²) in [4.78, 5) is 10.5. The van der Waals surface area contributed by atoms with Crippen molar-refractivity contribution in [2.75, 3.05) is 0 Å². The molecule has 4 heteroatoms. The first-order chi connectivity index (χ1) is 7.79. The molecule has 1 aromatic carbocycles. The minimum atomic E-state index is 0. The Kier molecular flexibility index (Phi) is 6.86.